The molecule has 0 spiro atoms. The van der Waals surface area contributed by atoms with Crippen molar-refractivity contribution in [2.75, 3.05) is 26.7 Å². The lowest BCUT2D eigenvalue weighted by atomic mass is 9.95. The van der Waals surface area contributed by atoms with E-state index in [0.29, 0.717) is 19.0 Å². The van der Waals surface area contributed by atoms with Crippen molar-refractivity contribution in [3.05, 3.63) is 29.5 Å². The van der Waals surface area contributed by atoms with E-state index in [-0.39, 0.29) is 11.8 Å². The molecule has 1 aliphatic heterocycles. The standard InChI is InChI=1S/C24H33N3O3/c1-17-23(24(29)25-13-7-15-26-14-6-10-22(26)28)20-16-19(30-2)11-12-21(20)27(17)18-8-4-3-5-9-18/h11-12,16,18H,3-10,13-15H2,1-2H3,(H,25,29). The summed E-state index contributed by atoms with van der Waals surface area (Å²) in [6, 6.07) is 6.51. The Morgan fingerprint density at radius 1 is 1.20 bits per heavy atom. The number of ether oxygens (including phenoxy) is 1. The summed E-state index contributed by atoms with van der Waals surface area (Å²) in [5, 5.41) is 4.06. The number of carbonyl (C=O) groups excluding carboxylic acids is 2. The zero-order valence-corrected chi connectivity index (χ0v) is 18.2. The molecule has 2 fully saturated rings. The fourth-order valence-corrected chi connectivity index (χ4v) is 5.15. The quantitative estimate of drug-likeness (QED) is 0.695. The average Bonchev–Trinajstić information content (AvgIpc) is 3.30. The van der Waals surface area contributed by atoms with Crippen molar-refractivity contribution >= 4 is 22.7 Å². The van der Waals surface area contributed by atoms with E-state index >= 15 is 0 Å². The summed E-state index contributed by atoms with van der Waals surface area (Å²) in [7, 11) is 1.66. The van der Waals surface area contributed by atoms with E-state index in [0.717, 1.165) is 53.8 Å². The van der Waals surface area contributed by atoms with Crippen molar-refractivity contribution < 1.29 is 14.3 Å². The van der Waals surface area contributed by atoms with Crippen LogP contribution in [0.5, 0.6) is 5.75 Å². The van der Waals surface area contributed by atoms with Gasteiger partial charge in [-0.15, -0.1) is 0 Å². The van der Waals surface area contributed by atoms with Crippen molar-refractivity contribution in [2.45, 2.75) is 64.3 Å². The van der Waals surface area contributed by atoms with E-state index in [9.17, 15) is 9.59 Å². The number of hydrogen-bond acceptors (Lipinski definition) is 3. The van der Waals surface area contributed by atoms with Crippen LogP contribution in [0.1, 0.15) is 73.5 Å². The molecular weight excluding hydrogens is 378 g/mol. The molecule has 1 aromatic heterocycles. The van der Waals surface area contributed by atoms with E-state index in [1.54, 1.807) is 7.11 Å². The van der Waals surface area contributed by atoms with E-state index < -0.39 is 0 Å². The number of nitrogens with zero attached hydrogens (tertiary/aromatic N) is 2. The van der Waals surface area contributed by atoms with Gasteiger partial charge in [-0.1, -0.05) is 19.3 Å². The van der Waals surface area contributed by atoms with E-state index in [2.05, 4.69) is 22.9 Å². The Labute approximate surface area is 178 Å². The minimum absolute atomic E-state index is 0.0342. The Hall–Kier alpha value is -2.50. The number of methoxy groups -OCH3 is 1. The lowest BCUT2D eigenvalue weighted by Crippen LogP contribution is -2.31. The van der Waals surface area contributed by atoms with Crippen LogP contribution < -0.4 is 10.1 Å². The van der Waals surface area contributed by atoms with Gasteiger partial charge in [-0.25, -0.2) is 0 Å². The predicted molar refractivity (Wildman–Crippen MR) is 118 cm³/mol. The Balaban J connectivity index is 1.54. The maximum atomic E-state index is 13.2. The molecule has 2 aliphatic rings. The molecule has 6 nitrogen and oxygen atoms in total. The van der Waals surface area contributed by atoms with E-state index in [1.807, 2.05) is 17.0 Å². The molecule has 6 heteroatoms. The third-order valence-corrected chi connectivity index (χ3v) is 6.68. The number of hydrogen-bond donors (Lipinski definition) is 1. The van der Waals surface area contributed by atoms with Crippen LogP contribution in [0.3, 0.4) is 0 Å². The zero-order chi connectivity index (χ0) is 21.1. The van der Waals surface area contributed by atoms with E-state index in [1.165, 1.54) is 32.1 Å². The molecule has 0 unspecified atom stereocenters. The lowest BCUT2D eigenvalue weighted by Gasteiger charge is -2.26. The molecule has 1 aromatic carbocycles. The smallest absolute Gasteiger partial charge is 0.253 e. The minimum atomic E-state index is -0.0342. The van der Waals surface area contributed by atoms with Crippen molar-refractivity contribution in [3.8, 4) is 5.75 Å². The summed E-state index contributed by atoms with van der Waals surface area (Å²) >= 11 is 0. The van der Waals surface area contributed by atoms with Crippen molar-refractivity contribution in [3.63, 3.8) is 0 Å². The molecule has 1 N–H and O–H groups in total. The molecule has 0 atom stereocenters. The number of aromatic nitrogens is 1. The van der Waals surface area contributed by atoms with Gasteiger partial charge in [0.1, 0.15) is 5.75 Å². The predicted octanol–water partition coefficient (Wildman–Crippen LogP) is 4.21. The Bertz CT molecular complexity index is 927. The van der Waals surface area contributed by atoms with Gasteiger partial charge >= 0.3 is 0 Å². The maximum absolute atomic E-state index is 13.2. The van der Waals surface area contributed by atoms with Crippen LogP contribution >= 0.6 is 0 Å². The summed E-state index contributed by atoms with van der Waals surface area (Å²) in [5.41, 5.74) is 2.91. The van der Waals surface area contributed by atoms with Crippen LogP contribution in [0.4, 0.5) is 0 Å². The van der Waals surface area contributed by atoms with Crippen LogP contribution in [-0.4, -0.2) is 48.0 Å². The van der Waals surface area contributed by atoms with Gasteiger partial charge in [0.25, 0.3) is 5.91 Å². The molecular formula is C24H33N3O3. The van der Waals surface area contributed by atoms with Crippen LogP contribution in [0.25, 0.3) is 10.9 Å². The van der Waals surface area contributed by atoms with Gasteiger partial charge in [0.05, 0.1) is 12.7 Å². The first-order chi connectivity index (χ1) is 14.6. The summed E-state index contributed by atoms with van der Waals surface area (Å²) < 4.78 is 7.82. The highest BCUT2D eigenvalue weighted by atomic mass is 16.5. The number of amides is 2. The lowest BCUT2D eigenvalue weighted by molar-refractivity contribution is -0.127. The Morgan fingerprint density at radius 3 is 2.70 bits per heavy atom. The Kier molecular flexibility index (Phi) is 6.30. The molecule has 2 heterocycles. The summed E-state index contributed by atoms with van der Waals surface area (Å²) in [5.74, 6) is 0.970. The normalized spacial score (nSPS) is 17.7. The number of fused-ring (bicyclic) bond motifs is 1. The summed E-state index contributed by atoms with van der Waals surface area (Å²) in [4.78, 5) is 26.8. The van der Waals surface area contributed by atoms with Gasteiger partial charge in [0.2, 0.25) is 5.91 Å². The van der Waals surface area contributed by atoms with Crippen molar-refractivity contribution in [1.82, 2.24) is 14.8 Å². The summed E-state index contributed by atoms with van der Waals surface area (Å²) in [6.45, 7) is 4.21. The molecule has 2 amide bonds. The van der Waals surface area contributed by atoms with E-state index in [4.69, 9.17) is 4.74 Å². The molecule has 1 saturated carbocycles. The molecule has 4 rings (SSSR count). The fraction of sp³-hybridized carbons (Fsp3) is 0.583. The molecule has 2 aromatic rings. The Morgan fingerprint density at radius 2 is 2.00 bits per heavy atom. The first-order valence-electron chi connectivity index (χ1n) is 11.3. The number of carbonyl (C=O) groups is 2. The SMILES string of the molecule is COc1ccc2c(c1)c(C(=O)NCCCN1CCCC1=O)c(C)n2C1CCCCC1. The number of nitrogens with one attached hydrogen (secondary N) is 1. The molecule has 0 radical (unpaired) electrons. The largest absolute Gasteiger partial charge is 0.497 e. The molecule has 0 bridgehead atoms. The first kappa shape index (κ1) is 20.8. The van der Waals surface area contributed by atoms with Gasteiger partial charge in [0.15, 0.2) is 0 Å². The van der Waals surface area contributed by atoms with Gasteiger partial charge in [-0.05, 0) is 50.8 Å². The van der Waals surface area contributed by atoms with Crippen molar-refractivity contribution in [2.24, 2.45) is 0 Å². The fourth-order valence-electron chi connectivity index (χ4n) is 5.15. The maximum Gasteiger partial charge on any atom is 0.253 e. The topological polar surface area (TPSA) is 63.6 Å². The zero-order valence-electron chi connectivity index (χ0n) is 18.2. The highest BCUT2D eigenvalue weighted by Crippen LogP contribution is 2.37. The molecule has 1 aliphatic carbocycles. The monoisotopic (exact) mass is 411 g/mol. The second-order valence-electron chi connectivity index (χ2n) is 8.60. The highest BCUT2D eigenvalue weighted by molar-refractivity contribution is 6.08. The van der Waals surface area contributed by atoms with Gasteiger partial charge in [0, 0.05) is 48.7 Å². The van der Waals surface area contributed by atoms with Crippen LogP contribution in [-0.2, 0) is 4.79 Å². The molecule has 1 saturated heterocycles. The second kappa shape index (κ2) is 9.11. The van der Waals surface area contributed by atoms with Crippen LogP contribution in [0.2, 0.25) is 0 Å². The van der Waals surface area contributed by atoms with Gasteiger partial charge in [-0.3, -0.25) is 9.59 Å². The minimum Gasteiger partial charge on any atom is -0.497 e. The molecule has 162 valence electrons. The average molecular weight is 412 g/mol. The number of benzene rings is 1. The molecule has 30 heavy (non-hydrogen) atoms. The first-order valence-corrected chi connectivity index (χ1v) is 11.3. The highest BCUT2D eigenvalue weighted by Gasteiger charge is 2.26. The summed E-state index contributed by atoms with van der Waals surface area (Å²) in [6.07, 6.45) is 8.52. The number of likely N-dealkylation sites (tertiary alicyclic amines) is 1. The third kappa shape index (κ3) is 4.05. The second-order valence-corrected chi connectivity index (χ2v) is 8.60. The third-order valence-electron chi connectivity index (χ3n) is 6.68. The van der Waals surface area contributed by atoms with Gasteiger partial charge < -0.3 is 19.5 Å². The van der Waals surface area contributed by atoms with Crippen LogP contribution in [0, 0.1) is 6.92 Å². The van der Waals surface area contributed by atoms with Gasteiger partial charge in [-0.2, -0.15) is 0 Å². The van der Waals surface area contributed by atoms with Crippen molar-refractivity contribution in [1.29, 1.82) is 0 Å². The number of rotatable bonds is 7. The van der Waals surface area contributed by atoms with Crippen LogP contribution in [0.15, 0.2) is 18.2 Å².